The Bertz CT molecular complexity index is 995. The Balaban J connectivity index is 2.23. The van der Waals surface area contributed by atoms with E-state index in [2.05, 4.69) is 6.92 Å². The van der Waals surface area contributed by atoms with E-state index in [9.17, 15) is 9.18 Å². The molecule has 0 aliphatic rings. The van der Waals surface area contributed by atoms with E-state index in [4.69, 9.17) is 0 Å². The van der Waals surface area contributed by atoms with Crippen molar-refractivity contribution in [1.29, 1.82) is 0 Å². The molecule has 0 fully saturated rings. The van der Waals surface area contributed by atoms with Gasteiger partial charge in [0.15, 0.2) is 0 Å². The van der Waals surface area contributed by atoms with Gasteiger partial charge in [0.25, 0.3) is 5.56 Å². The van der Waals surface area contributed by atoms with Gasteiger partial charge in [-0.2, -0.15) is 0 Å². The number of hydrogen-bond acceptors (Lipinski definition) is 1. The molecule has 2 aromatic carbocycles. The first-order chi connectivity index (χ1) is 12.3. The highest BCUT2D eigenvalue weighted by atomic mass is 19.1. The molecule has 0 aliphatic carbocycles. The summed E-state index contributed by atoms with van der Waals surface area (Å²) in [6.45, 7) is 8.80. The molecule has 136 valence electrons. The molecule has 0 radical (unpaired) electrons. The lowest BCUT2D eigenvalue weighted by atomic mass is 9.85. The highest BCUT2D eigenvalue weighted by molar-refractivity contribution is 5.95. The SMILES string of the molecule is CCCCn1cc(-c2ccc(C(C)(C)C)c(F)c2)c2ccccc2c1=O. The van der Waals surface area contributed by atoms with Gasteiger partial charge in [-0.15, -0.1) is 0 Å². The molecule has 0 saturated heterocycles. The molecule has 2 nitrogen and oxygen atoms in total. The monoisotopic (exact) mass is 351 g/mol. The van der Waals surface area contributed by atoms with Gasteiger partial charge in [-0.25, -0.2) is 4.39 Å². The van der Waals surface area contributed by atoms with Gasteiger partial charge >= 0.3 is 0 Å². The van der Waals surface area contributed by atoms with Crippen molar-refractivity contribution >= 4 is 10.8 Å². The van der Waals surface area contributed by atoms with Gasteiger partial charge < -0.3 is 4.57 Å². The summed E-state index contributed by atoms with van der Waals surface area (Å²) in [6, 6.07) is 13.0. The van der Waals surface area contributed by atoms with Crippen LogP contribution in [0.1, 0.15) is 46.1 Å². The zero-order valence-electron chi connectivity index (χ0n) is 16.0. The first-order valence-corrected chi connectivity index (χ1v) is 9.25. The quantitative estimate of drug-likeness (QED) is 0.573. The topological polar surface area (TPSA) is 22.0 Å². The molecule has 0 amide bonds. The van der Waals surface area contributed by atoms with E-state index >= 15 is 0 Å². The maximum Gasteiger partial charge on any atom is 0.258 e. The van der Waals surface area contributed by atoms with E-state index in [0.29, 0.717) is 17.5 Å². The van der Waals surface area contributed by atoms with Crippen LogP contribution in [-0.4, -0.2) is 4.57 Å². The molecule has 1 heterocycles. The molecular formula is C23H26FNO. The number of aryl methyl sites for hydroxylation is 1. The predicted octanol–water partition coefficient (Wildman–Crippen LogP) is 5.91. The number of rotatable bonds is 4. The van der Waals surface area contributed by atoms with E-state index in [0.717, 1.165) is 29.4 Å². The van der Waals surface area contributed by atoms with E-state index in [-0.39, 0.29) is 16.8 Å². The minimum Gasteiger partial charge on any atom is -0.314 e. The van der Waals surface area contributed by atoms with Crippen LogP contribution in [-0.2, 0) is 12.0 Å². The van der Waals surface area contributed by atoms with Crippen molar-refractivity contribution in [3.8, 4) is 11.1 Å². The summed E-state index contributed by atoms with van der Waals surface area (Å²) < 4.78 is 16.5. The van der Waals surface area contributed by atoms with E-state index in [1.807, 2.05) is 63.4 Å². The Kier molecular flexibility index (Phi) is 4.99. The number of benzene rings is 2. The molecule has 3 rings (SSSR count). The predicted molar refractivity (Wildman–Crippen MR) is 107 cm³/mol. The molecule has 3 aromatic rings. The average Bonchev–Trinajstić information content (AvgIpc) is 2.60. The second-order valence-corrected chi connectivity index (χ2v) is 7.89. The number of hydrogen-bond donors (Lipinski definition) is 0. The number of aromatic nitrogens is 1. The van der Waals surface area contributed by atoms with Crippen molar-refractivity contribution in [3.63, 3.8) is 0 Å². The smallest absolute Gasteiger partial charge is 0.258 e. The maximum atomic E-state index is 14.7. The highest BCUT2D eigenvalue weighted by Gasteiger charge is 2.19. The van der Waals surface area contributed by atoms with Gasteiger partial charge in [-0.1, -0.05) is 64.4 Å². The van der Waals surface area contributed by atoms with Crippen LogP contribution in [0, 0.1) is 5.82 Å². The zero-order chi connectivity index (χ0) is 18.9. The molecule has 0 N–H and O–H groups in total. The van der Waals surface area contributed by atoms with Crippen LogP contribution in [0.15, 0.2) is 53.5 Å². The molecule has 0 saturated carbocycles. The lowest BCUT2D eigenvalue weighted by molar-refractivity contribution is 0.523. The minimum atomic E-state index is -0.245. The van der Waals surface area contributed by atoms with Crippen molar-refractivity contribution in [2.75, 3.05) is 0 Å². The summed E-state index contributed by atoms with van der Waals surface area (Å²) in [5.41, 5.74) is 2.17. The summed E-state index contributed by atoms with van der Waals surface area (Å²) >= 11 is 0. The average molecular weight is 351 g/mol. The van der Waals surface area contributed by atoms with Crippen LogP contribution in [0.3, 0.4) is 0 Å². The van der Waals surface area contributed by atoms with Crippen LogP contribution < -0.4 is 5.56 Å². The van der Waals surface area contributed by atoms with Crippen molar-refractivity contribution in [3.05, 3.63) is 70.4 Å². The van der Waals surface area contributed by atoms with Gasteiger partial charge in [0.05, 0.1) is 0 Å². The van der Waals surface area contributed by atoms with Crippen molar-refractivity contribution in [1.82, 2.24) is 4.57 Å². The fourth-order valence-corrected chi connectivity index (χ4v) is 3.36. The van der Waals surface area contributed by atoms with Crippen LogP contribution in [0.2, 0.25) is 0 Å². The summed E-state index contributed by atoms with van der Waals surface area (Å²) in [4.78, 5) is 12.8. The number of halogens is 1. The van der Waals surface area contributed by atoms with Gasteiger partial charge in [-0.05, 0) is 40.5 Å². The summed E-state index contributed by atoms with van der Waals surface area (Å²) in [5, 5.41) is 1.55. The van der Waals surface area contributed by atoms with Gasteiger partial charge in [0.1, 0.15) is 5.82 Å². The third-order valence-corrected chi connectivity index (χ3v) is 4.83. The first-order valence-electron chi connectivity index (χ1n) is 9.25. The first kappa shape index (κ1) is 18.4. The van der Waals surface area contributed by atoms with Crippen molar-refractivity contribution in [2.24, 2.45) is 0 Å². The number of fused-ring (bicyclic) bond motifs is 1. The lowest BCUT2D eigenvalue weighted by Crippen LogP contribution is -2.20. The molecule has 1 aromatic heterocycles. The molecule has 3 heteroatoms. The molecule has 0 atom stereocenters. The molecular weight excluding hydrogens is 325 g/mol. The summed E-state index contributed by atoms with van der Waals surface area (Å²) in [7, 11) is 0. The second kappa shape index (κ2) is 7.06. The molecule has 0 spiro atoms. The highest BCUT2D eigenvalue weighted by Crippen LogP contribution is 2.31. The number of unbranched alkanes of at least 4 members (excludes halogenated alkanes) is 1. The van der Waals surface area contributed by atoms with E-state index in [1.165, 1.54) is 0 Å². The zero-order valence-corrected chi connectivity index (χ0v) is 16.0. The molecule has 26 heavy (non-hydrogen) atoms. The van der Waals surface area contributed by atoms with Gasteiger partial charge in [-0.3, -0.25) is 4.79 Å². The fourth-order valence-electron chi connectivity index (χ4n) is 3.36. The molecule has 0 bridgehead atoms. The number of pyridine rings is 1. The third-order valence-electron chi connectivity index (χ3n) is 4.83. The molecule has 0 unspecified atom stereocenters. The number of nitrogens with zero attached hydrogens (tertiary/aromatic N) is 1. The second-order valence-electron chi connectivity index (χ2n) is 7.89. The lowest BCUT2D eigenvalue weighted by Gasteiger charge is -2.20. The Morgan fingerprint density at radius 1 is 1.04 bits per heavy atom. The Morgan fingerprint density at radius 3 is 2.35 bits per heavy atom. The van der Waals surface area contributed by atoms with Crippen LogP contribution in [0.25, 0.3) is 21.9 Å². The fraction of sp³-hybridized carbons (Fsp3) is 0.348. The Labute approximate surface area is 154 Å². The van der Waals surface area contributed by atoms with Gasteiger partial charge in [0, 0.05) is 23.7 Å². The third kappa shape index (κ3) is 3.44. The van der Waals surface area contributed by atoms with Crippen LogP contribution >= 0.6 is 0 Å². The van der Waals surface area contributed by atoms with E-state index in [1.54, 1.807) is 10.6 Å². The summed E-state index contributed by atoms with van der Waals surface area (Å²) in [6.07, 6.45) is 3.84. The standard InChI is InChI=1S/C23H26FNO/c1-5-6-13-25-15-19(17-9-7-8-10-18(17)22(25)26)16-11-12-20(21(24)14-16)23(2,3)4/h7-12,14-15H,5-6,13H2,1-4H3. The van der Waals surface area contributed by atoms with E-state index < -0.39 is 0 Å². The normalized spacial score (nSPS) is 11.9. The molecule has 0 aliphatic heterocycles. The minimum absolute atomic E-state index is 0.0181. The van der Waals surface area contributed by atoms with Crippen LogP contribution in [0.4, 0.5) is 4.39 Å². The largest absolute Gasteiger partial charge is 0.314 e. The van der Waals surface area contributed by atoms with Crippen molar-refractivity contribution in [2.45, 2.75) is 52.5 Å². The maximum absolute atomic E-state index is 14.7. The Hall–Kier alpha value is -2.42. The Morgan fingerprint density at radius 2 is 1.73 bits per heavy atom. The van der Waals surface area contributed by atoms with Crippen molar-refractivity contribution < 1.29 is 4.39 Å². The summed E-state index contributed by atoms with van der Waals surface area (Å²) in [5.74, 6) is -0.203. The van der Waals surface area contributed by atoms with Crippen LogP contribution in [0.5, 0.6) is 0 Å². The van der Waals surface area contributed by atoms with Gasteiger partial charge in [0.2, 0.25) is 0 Å².